The number of aromatic nitrogens is 1. The molecule has 2 heteroatoms. The monoisotopic (exact) mass is 135 g/mol. The SMILES string of the molecule is OCC#CCc1ccc[nH]1. The predicted molar refractivity (Wildman–Crippen MR) is 39.4 cm³/mol. The molecule has 1 heterocycles. The van der Waals surface area contributed by atoms with E-state index < -0.39 is 0 Å². The van der Waals surface area contributed by atoms with Crippen molar-refractivity contribution in [1.29, 1.82) is 0 Å². The van der Waals surface area contributed by atoms with E-state index in [-0.39, 0.29) is 6.61 Å². The van der Waals surface area contributed by atoms with E-state index in [1.165, 1.54) is 0 Å². The standard InChI is InChI=1S/C8H9NO/c10-7-2-1-4-8-5-3-6-9-8/h3,5-6,9-10H,4,7H2. The second kappa shape index (κ2) is 3.76. The largest absolute Gasteiger partial charge is 0.384 e. The zero-order chi connectivity index (χ0) is 7.23. The molecule has 2 nitrogen and oxygen atoms in total. The van der Waals surface area contributed by atoms with Crippen molar-refractivity contribution in [3.05, 3.63) is 24.0 Å². The lowest BCUT2D eigenvalue weighted by Gasteiger charge is -1.83. The van der Waals surface area contributed by atoms with Gasteiger partial charge in [0, 0.05) is 18.3 Å². The molecule has 2 N–H and O–H groups in total. The van der Waals surface area contributed by atoms with Crippen molar-refractivity contribution in [1.82, 2.24) is 4.98 Å². The quantitative estimate of drug-likeness (QED) is 0.542. The summed E-state index contributed by atoms with van der Waals surface area (Å²) in [6.07, 6.45) is 2.55. The lowest BCUT2D eigenvalue weighted by molar-refractivity contribution is 0.350. The Morgan fingerprint density at radius 1 is 1.50 bits per heavy atom. The van der Waals surface area contributed by atoms with Crippen LogP contribution in [0.15, 0.2) is 18.3 Å². The maximum atomic E-state index is 8.31. The summed E-state index contributed by atoms with van der Waals surface area (Å²) >= 11 is 0. The van der Waals surface area contributed by atoms with E-state index in [0.29, 0.717) is 6.42 Å². The lowest BCUT2D eigenvalue weighted by Crippen LogP contribution is -1.80. The second-order valence-corrected chi connectivity index (χ2v) is 1.88. The molecule has 1 aromatic rings. The lowest BCUT2D eigenvalue weighted by atomic mass is 10.3. The van der Waals surface area contributed by atoms with Gasteiger partial charge in [-0.3, -0.25) is 0 Å². The number of aliphatic hydroxyl groups excluding tert-OH is 1. The van der Waals surface area contributed by atoms with Gasteiger partial charge in [-0.05, 0) is 12.1 Å². The Kier molecular flexibility index (Phi) is 2.60. The molecule has 10 heavy (non-hydrogen) atoms. The minimum atomic E-state index is -0.0549. The molecule has 0 aromatic carbocycles. The molecule has 0 fully saturated rings. The van der Waals surface area contributed by atoms with E-state index in [2.05, 4.69) is 16.8 Å². The van der Waals surface area contributed by atoms with Crippen LogP contribution in [0.5, 0.6) is 0 Å². The van der Waals surface area contributed by atoms with E-state index in [4.69, 9.17) is 5.11 Å². The summed E-state index contributed by atoms with van der Waals surface area (Å²) in [4.78, 5) is 3.01. The average Bonchev–Trinajstić information content (AvgIpc) is 2.41. The third kappa shape index (κ3) is 1.96. The normalized spacial score (nSPS) is 8.50. The van der Waals surface area contributed by atoms with Gasteiger partial charge >= 0.3 is 0 Å². The smallest absolute Gasteiger partial charge is 0.104 e. The fraction of sp³-hybridized carbons (Fsp3) is 0.250. The second-order valence-electron chi connectivity index (χ2n) is 1.88. The zero-order valence-corrected chi connectivity index (χ0v) is 5.59. The van der Waals surface area contributed by atoms with Gasteiger partial charge in [0.1, 0.15) is 6.61 Å². The van der Waals surface area contributed by atoms with Crippen molar-refractivity contribution in [2.45, 2.75) is 6.42 Å². The first kappa shape index (κ1) is 6.91. The number of aliphatic hydroxyl groups is 1. The molecule has 0 radical (unpaired) electrons. The van der Waals surface area contributed by atoms with E-state index >= 15 is 0 Å². The molecule has 0 saturated heterocycles. The Labute approximate surface area is 59.9 Å². The van der Waals surface area contributed by atoms with Gasteiger partial charge in [-0.1, -0.05) is 11.8 Å². The van der Waals surface area contributed by atoms with Crippen molar-refractivity contribution in [3.8, 4) is 11.8 Å². The number of hydrogen-bond donors (Lipinski definition) is 2. The molecule has 0 amide bonds. The van der Waals surface area contributed by atoms with Crippen molar-refractivity contribution >= 4 is 0 Å². The Hall–Kier alpha value is -1.20. The van der Waals surface area contributed by atoms with Crippen molar-refractivity contribution in [3.63, 3.8) is 0 Å². The maximum absolute atomic E-state index is 8.31. The minimum Gasteiger partial charge on any atom is -0.384 e. The molecule has 0 spiro atoms. The molecular weight excluding hydrogens is 126 g/mol. The van der Waals surface area contributed by atoms with Crippen LogP contribution in [0.4, 0.5) is 0 Å². The molecule has 0 aliphatic heterocycles. The number of aromatic amines is 1. The summed E-state index contributed by atoms with van der Waals surface area (Å²) < 4.78 is 0. The highest BCUT2D eigenvalue weighted by Crippen LogP contribution is 1.92. The highest BCUT2D eigenvalue weighted by Gasteiger charge is 1.84. The predicted octanol–water partition coefficient (Wildman–Crippen LogP) is 0.553. The first-order valence-electron chi connectivity index (χ1n) is 3.12. The third-order valence-corrected chi connectivity index (χ3v) is 1.15. The van der Waals surface area contributed by atoms with Gasteiger partial charge in [0.2, 0.25) is 0 Å². The van der Waals surface area contributed by atoms with Crippen molar-refractivity contribution < 1.29 is 5.11 Å². The van der Waals surface area contributed by atoms with Crippen LogP contribution in [0.25, 0.3) is 0 Å². The highest BCUT2D eigenvalue weighted by molar-refractivity contribution is 5.13. The van der Waals surface area contributed by atoms with Crippen LogP contribution in [0.1, 0.15) is 5.69 Å². The molecule has 0 unspecified atom stereocenters. The Balaban J connectivity index is 2.41. The highest BCUT2D eigenvalue weighted by atomic mass is 16.2. The molecule has 0 saturated carbocycles. The van der Waals surface area contributed by atoms with Gasteiger partial charge in [0.15, 0.2) is 0 Å². The molecule has 52 valence electrons. The molecule has 0 aliphatic carbocycles. The maximum Gasteiger partial charge on any atom is 0.104 e. The first-order valence-corrected chi connectivity index (χ1v) is 3.12. The van der Waals surface area contributed by atoms with E-state index in [0.717, 1.165) is 5.69 Å². The molecule has 1 aromatic heterocycles. The number of hydrogen-bond acceptors (Lipinski definition) is 1. The van der Waals surface area contributed by atoms with Crippen LogP contribution in [-0.4, -0.2) is 16.7 Å². The molecule has 0 atom stereocenters. The number of H-pyrrole nitrogens is 1. The van der Waals surface area contributed by atoms with E-state index in [1.54, 1.807) is 0 Å². The van der Waals surface area contributed by atoms with Crippen LogP contribution < -0.4 is 0 Å². The fourth-order valence-electron chi connectivity index (χ4n) is 0.691. The number of rotatable bonds is 1. The zero-order valence-electron chi connectivity index (χ0n) is 5.59. The van der Waals surface area contributed by atoms with Gasteiger partial charge in [0.05, 0.1) is 0 Å². The molecular formula is C8H9NO. The molecule has 1 rings (SSSR count). The van der Waals surface area contributed by atoms with Crippen LogP contribution in [0.2, 0.25) is 0 Å². The topological polar surface area (TPSA) is 36.0 Å². The van der Waals surface area contributed by atoms with Gasteiger partial charge in [-0.15, -0.1) is 0 Å². The van der Waals surface area contributed by atoms with Gasteiger partial charge in [-0.25, -0.2) is 0 Å². The minimum absolute atomic E-state index is 0.0549. The summed E-state index contributed by atoms with van der Waals surface area (Å²) in [6, 6.07) is 3.89. The van der Waals surface area contributed by atoms with Crippen LogP contribution >= 0.6 is 0 Å². The molecule has 0 bridgehead atoms. The summed E-state index contributed by atoms with van der Waals surface area (Å²) in [5.74, 6) is 5.38. The van der Waals surface area contributed by atoms with Gasteiger partial charge in [-0.2, -0.15) is 0 Å². The summed E-state index contributed by atoms with van der Waals surface area (Å²) in [6.45, 7) is -0.0549. The van der Waals surface area contributed by atoms with Crippen molar-refractivity contribution in [2.75, 3.05) is 6.61 Å². The van der Waals surface area contributed by atoms with Gasteiger partial charge in [0.25, 0.3) is 0 Å². The third-order valence-electron chi connectivity index (χ3n) is 1.15. The first-order chi connectivity index (χ1) is 4.93. The van der Waals surface area contributed by atoms with Crippen molar-refractivity contribution in [2.24, 2.45) is 0 Å². The van der Waals surface area contributed by atoms with Crippen LogP contribution in [0.3, 0.4) is 0 Å². The number of nitrogens with one attached hydrogen (secondary N) is 1. The van der Waals surface area contributed by atoms with Gasteiger partial charge < -0.3 is 10.1 Å². The van der Waals surface area contributed by atoms with Crippen LogP contribution in [0, 0.1) is 11.8 Å². The summed E-state index contributed by atoms with van der Waals surface area (Å²) in [5.41, 5.74) is 1.08. The van der Waals surface area contributed by atoms with E-state index in [9.17, 15) is 0 Å². The Morgan fingerprint density at radius 3 is 3.00 bits per heavy atom. The molecule has 0 aliphatic rings. The van der Waals surface area contributed by atoms with Crippen LogP contribution in [-0.2, 0) is 6.42 Å². The van der Waals surface area contributed by atoms with E-state index in [1.807, 2.05) is 18.3 Å². The fourth-order valence-corrected chi connectivity index (χ4v) is 0.691. The Bertz CT molecular complexity index is 228. The summed E-state index contributed by atoms with van der Waals surface area (Å²) in [5, 5.41) is 8.31. The summed E-state index contributed by atoms with van der Waals surface area (Å²) in [7, 11) is 0. The average molecular weight is 135 g/mol. The Morgan fingerprint density at radius 2 is 2.40 bits per heavy atom.